The van der Waals surface area contributed by atoms with Gasteiger partial charge in [0, 0.05) is 5.02 Å². The van der Waals surface area contributed by atoms with Crippen LogP contribution in [0.4, 0.5) is 0 Å². The molecule has 1 N–H and O–H groups in total. The highest BCUT2D eigenvalue weighted by Gasteiger charge is 2.02. The van der Waals surface area contributed by atoms with Crippen molar-refractivity contribution in [1.82, 2.24) is 0 Å². The average molecular weight is 237 g/mol. The topological polar surface area (TPSA) is 54.4 Å². The van der Waals surface area contributed by atoms with E-state index < -0.39 is 0 Å². The summed E-state index contributed by atoms with van der Waals surface area (Å²) >= 11 is 11.2. The van der Waals surface area contributed by atoms with Crippen LogP contribution in [-0.4, -0.2) is 18.7 Å². The Morgan fingerprint density at radius 2 is 1.57 bits per heavy atom. The molecule has 0 aliphatic heterocycles. The highest BCUT2D eigenvalue weighted by Crippen LogP contribution is 2.29. The molecule has 14 heavy (non-hydrogen) atoms. The van der Waals surface area contributed by atoms with Crippen molar-refractivity contribution in [2.45, 2.75) is 6.92 Å². The van der Waals surface area contributed by atoms with Gasteiger partial charge < -0.3 is 14.7 Å². The van der Waals surface area contributed by atoms with Crippen LogP contribution in [0.1, 0.15) is 5.56 Å². The summed E-state index contributed by atoms with van der Waals surface area (Å²) in [5, 5.41) is 9.98. The first kappa shape index (κ1) is 15.4. The van der Waals surface area contributed by atoms with Crippen LogP contribution < -0.4 is 0 Å². The highest BCUT2D eigenvalue weighted by atomic mass is 35.5. The summed E-state index contributed by atoms with van der Waals surface area (Å²) in [6.45, 7) is 5.74. The van der Waals surface area contributed by atoms with Gasteiger partial charge in [-0.15, -0.1) is 0 Å². The lowest BCUT2D eigenvalue weighted by Crippen LogP contribution is -1.75. The summed E-state index contributed by atoms with van der Waals surface area (Å²) in [5.74, 6) is 0.103. The van der Waals surface area contributed by atoms with Crippen LogP contribution in [0.2, 0.25) is 10.0 Å². The van der Waals surface area contributed by atoms with Crippen molar-refractivity contribution in [3.05, 3.63) is 27.7 Å². The molecule has 0 spiro atoms. The Morgan fingerprint density at radius 3 is 1.93 bits per heavy atom. The Kier molecular flexibility index (Phi) is 9.40. The number of benzene rings is 1. The highest BCUT2D eigenvalue weighted by molar-refractivity contribution is 6.35. The first-order chi connectivity index (χ1) is 6.61. The Bertz CT molecular complexity index is 264. The van der Waals surface area contributed by atoms with Gasteiger partial charge in [-0.1, -0.05) is 23.2 Å². The first-order valence-corrected chi connectivity index (χ1v) is 4.09. The number of aryl methyl sites for hydroxylation is 1. The zero-order chi connectivity index (χ0) is 11.7. The van der Waals surface area contributed by atoms with E-state index >= 15 is 0 Å². The minimum Gasteiger partial charge on any atom is -0.506 e. The average Bonchev–Trinajstić information content (AvgIpc) is 2.20. The summed E-state index contributed by atoms with van der Waals surface area (Å²) < 4.78 is 0. The summed E-state index contributed by atoms with van der Waals surface area (Å²) in [7, 11) is 0. The fourth-order valence-electron chi connectivity index (χ4n) is 0.695. The lowest BCUT2D eigenvalue weighted by molar-refractivity contribution is -0.0987. The lowest BCUT2D eigenvalue weighted by Gasteiger charge is -2.00. The number of halogens is 2. The molecule has 0 amide bonds. The third kappa shape index (κ3) is 4.84. The number of phenolic OH excluding ortho intramolecular Hbond substituents is 1. The molecule has 1 rings (SSSR count). The van der Waals surface area contributed by atoms with Crippen LogP contribution in [0.25, 0.3) is 0 Å². The molecule has 1 aromatic carbocycles. The molecule has 0 aliphatic carbocycles. The summed E-state index contributed by atoms with van der Waals surface area (Å²) in [4.78, 5) is 16.0. The van der Waals surface area contributed by atoms with Crippen LogP contribution in [-0.2, 0) is 9.59 Å². The lowest BCUT2D eigenvalue weighted by atomic mass is 10.2. The minimum absolute atomic E-state index is 0.103. The third-order valence-corrected chi connectivity index (χ3v) is 1.73. The summed E-state index contributed by atoms with van der Waals surface area (Å²) in [5.41, 5.74) is 0.692. The van der Waals surface area contributed by atoms with Crippen LogP contribution in [0.15, 0.2) is 12.1 Å². The van der Waals surface area contributed by atoms with Gasteiger partial charge in [-0.25, -0.2) is 0 Å². The molecule has 0 saturated carbocycles. The molecule has 0 saturated heterocycles. The van der Waals surface area contributed by atoms with E-state index in [1.807, 2.05) is 13.6 Å². The van der Waals surface area contributed by atoms with E-state index in [2.05, 4.69) is 0 Å². The van der Waals surface area contributed by atoms with Gasteiger partial charge in [-0.2, -0.15) is 0 Å². The molecule has 78 valence electrons. The Balaban J connectivity index is 0. The minimum atomic E-state index is 0.103. The van der Waals surface area contributed by atoms with Crippen molar-refractivity contribution < 1.29 is 14.7 Å². The maximum Gasteiger partial charge on any atom is 0.137 e. The fraction of sp³-hybridized carbons (Fsp3) is 0.111. The molecule has 0 radical (unpaired) electrons. The maximum atomic E-state index is 9.14. The van der Waals surface area contributed by atoms with Crippen molar-refractivity contribution in [3.63, 3.8) is 0 Å². The molecule has 3 nitrogen and oxygen atoms in total. The monoisotopic (exact) mass is 236 g/mol. The second kappa shape index (κ2) is 8.53. The second-order valence-corrected chi connectivity index (χ2v) is 2.90. The number of rotatable bonds is 0. The largest absolute Gasteiger partial charge is 0.506 e. The van der Waals surface area contributed by atoms with Crippen molar-refractivity contribution in [2.75, 3.05) is 0 Å². The molecular weight excluding hydrogens is 227 g/mol. The van der Waals surface area contributed by atoms with Gasteiger partial charge in [0.05, 0.1) is 5.02 Å². The quantitative estimate of drug-likeness (QED) is 0.754. The fourth-order valence-corrected chi connectivity index (χ4v) is 1.29. The van der Waals surface area contributed by atoms with Gasteiger partial charge in [-0.3, -0.25) is 0 Å². The van der Waals surface area contributed by atoms with Crippen molar-refractivity contribution in [2.24, 2.45) is 0 Å². The smallest absolute Gasteiger partial charge is 0.137 e. The molecule has 5 heteroatoms. The SMILES string of the molecule is C=O.C=O.Cc1cc(Cl)cc(Cl)c1O. The van der Waals surface area contributed by atoms with Crippen LogP contribution in [0.3, 0.4) is 0 Å². The van der Waals surface area contributed by atoms with Gasteiger partial charge in [0.25, 0.3) is 0 Å². The van der Waals surface area contributed by atoms with E-state index in [0.29, 0.717) is 15.6 Å². The summed E-state index contributed by atoms with van der Waals surface area (Å²) in [6, 6.07) is 3.16. The molecule has 0 aromatic heterocycles. The van der Waals surface area contributed by atoms with E-state index in [9.17, 15) is 0 Å². The van der Waals surface area contributed by atoms with Gasteiger partial charge in [-0.05, 0) is 24.6 Å². The Labute approximate surface area is 92.3 Å². The summed E-state index contributed by atoms with van der Waals surface area (Å²) in [6.07, 6.45) is 0. The normalized spacial score (nSPS) is 7.64. The van der Waals surface area contributed by atoms with Crippen molar-refractivity contribution in [3.8, 4) is 5.75 Å². The maximum absolute atomic E-state index is 9.14. The number of hydrogen-bond donors (Lipinski definition) is 1. The standard InChI is InChI=1S/C7H6Cl2O.2CH2O/c1-4-2-5(8)3-6(9)7(4)10;2*1-2/h2-3,10H,1H3;2*1H2. The molecule has 0 fully saturated rings. The Hall–Kier alpha value is -1.06. The number of hydrogen-bond acceptors (Lipinski definition) is 3. The number of carbonyl (C=O) groups excluding carboxylic acids is 2. The molecule has 0 unspecified atom stereocenters. The molecule has 0 aliphatic rings. The van der Waals surface area contributed by atoms with Gasteiger partial charge in [0.1, 0.15) is 19.3 Å². The van der Waals surface area contributed by atoms with Crippen LogP contribution in [0, 0.1) is 6.92 Å². The van der Waals surface area contributed by atoms with E-state index in [4.69, 9.17) is 37.9 Å². The predicted octanol–water partition coefficient (Wildman–Crippen LogP) is 2.64. The van der Waals surface area contributed by atoms with Crippen LogP contribution in [0.5, 0.6) is 5.75 Å². The van der Waals surface area contributed by atoms with Gasteiger partial charge >= 0.3 is 0 Å². The Morgan fingerprint density at radius 1 is 1.14 bits per heavy atom. The molecule has 0 heterocycles. The predicted molar refractivity (Wildman–Crippen MR) is 57.1 cm³/mol. The molecule has 0 bridgehead atoms. The first-order valence-electron chi connectivity index (χ1n) is 3.33. The van der Waals surface area contributed by atoms with Crippen molar-refractivity contribution >= 4 is 36.8 Å². The molecule has 1 aromatic rings. The van der Waals surface area contributed by atoms with Gasteiger partial charge in [0.15, 0.2) is 0 Å². The van der Waals surface area contributed by atoms with E-state index in [1.165, 1.54) is 6.07 Å². The second-order valence-electron chi connectivity index (χ2n) is 2.05. The van der Waals surface area contributed by atoms with E-state index in [-0.39, 0.29) is 5.75 Å². The zero-order valence-corrected chi connectivity index (χ0v) is 9.10. The van der Waals surface area contributed by atoms with Crippen LogP contribution >= 0.6 is 23.2 Å². The zero-order valence-electron chi connectivity index (χ0n) is 7.59. The number of aromatic hydroxyl groups is 1. The third-order valence-electron chi connectivity index (χ3n) is 1.22. The molecular formula is C9H10Cl2O3. The number of phenols is 1. The molecule has 0 atom stereocenters. The van der Waals surface area contributed by atoms with E-state index in [1.54, 1.807) is 13.0 Å². The van der Waals surface area contributed by atoms with Crippen molar-refractivity contribution in [1.29, 1.82) is 0 Å². The number of carbonyl (C=O) groups is 2. The van der Waals surface area contributed by atoms with E-state index in [0.717, 1.165) is 0 Å². The van der Waals surface area contributed by atoms with Gasteiger partial charge in [0.2, 0.25) is 0 Å².